The minimum absolute atomic E-state index is 0.00771. The fraction of sp³-hybridized carbons (Fsp3) is 0.316. The van der Waals surface area contributed by atoms with E-state index < -0.39 is 0 Å². The van der Waals surface area contributed by atoms with E-state index in [4.69, 9.17) is 0 Å². The molecule has 2 rings (SSSR count). The van der Waals surface area contributed by atoms with Gasteiger partial charge in [-0.2, -0.15) is 0 Å². The third-order valence-electron chi connectivity index (χ3n) is 3.85. The summed E-state index contributed by atoms with van der Waals surface area (Å²) in [6.07, 6.45) is 2.03. The maximum Gasteiger partial charge on any atom is 0.322 e. The molecule has 0 heterocycles. The molecular weight excluding hydrogens is 318 g/mol. The van der Waals surface area contributed by atoms with Gasteiger partial charge in [-0.15, -0.1) is 11.8 Å². The van der Waals surface area contributed by atoms with Crippen LogP contribution < -0.4 is 5.32 Å². The normalized spacial score (nSPS) is 12.0. The molecule has 4 nitrogen and oxygen atoms in total. The third kappa shape index (κ3) is 5.01. The van der Waals surface area contributed by atoms with Gasteiger partial charge in [0.2, 0.25) is 0 Å². The number of hydrogen-bond donors (Lipinski definition) is 1. The molecule has 1 N–H and O–H groups in total. The SMILES string of the molecule is CSc1ccc(NC(=O)N(C)C(CN(C)C)c2ccccc2)cc1. The lowest BCUT2D eigenvalue weighted by Gasteiger charge is -2.31. The first-order chi connectivity index (χ1) is 11.5. The number of nitrogens with zero attached hydrogens (tertiary/aromatic N) is 2. The molecule has 0 saturated heterocycles. The summed E-state index contributed by atoms with van der Waals surface area (Å²) in [6, 6.07) is 17.9. The lowest BCUT2D eigenvalue weighted by Crippen LogP contribution is -2.39. The second kappa shape index (κ2) is 8.76. The van der Waals surface area contributed by atoms with E-state index in [-0.39, 0.29) is 12.1 Å². The second-order valence-electron chi connectivity index (χ2n) is 5.96. The van der Waals surface area contributed by atoms with Crippen molar-refractivity contribution in [2.75, 3.05) is 39.3 Å². The zero-order chi connectivity index (χ0) is 17.5. The summed E-state index contributed by atoms with van der Waals surface area (Å²) in [4.78, 5) is 17.7. The Hall–Kier alpha value is -1.98. The number of urea groups is 1. The van der Waals surface area contributed by atoms with Crippen LogP contribution in [0.4, 0.5) is 10.5 Å². The minimum Gasteiger partial charge on any atom is -0.319 e. The quantitative estimate of drug-likeness (QED) is 0.800. The molecule has 0 aliphatic carbocycles. The average molecular weight is 343 g/mol. The van der Waals surface area contributed by atoms with E-state index in [0.29, 0.717) is 0 Å². The summed E-state index contributed by atoms with van der Waals surface area (Å²) in [5, 5.41) is 2.98. The van der Waals surface area contributed by atoms with Gasteiger partial charge in [0.25, 0.3) is 0 Å². The van der Waals surface area contributed by atoms with Gasteiger partial charge in [-0.1, -0.05) is 30.3 Å². The van der Waals surface area contributed by atoms with Gasteiger partial charge in [-0.3, -0.25) is 0 Å². The number of likely N-dealkylation sites (N-methyl/N-ethyl adjacent to an activating group) is 2. The first-order valence-electron chi connectivity index (χ1n) is 7.89. The van der Waals surface area contributed by atoms with Crippen LogP contribution in [0.3, 0.4) is 0 Å². The minimum atomic E-state index is -0.109. The maximum atomic E-state index is 12.7. The molecule has 1 unspecified atom stereocenters. The van der Waals surface area contributed by atoms with E-state index >= 15 is 0 Å². The first kappa shape index (κ1) is 18.4. The highest BCUT2D eigenvalue weighted by Gasteiger charge is 2.22. The van der Waals surface area contributed by atoms with Crippen LogP contribution in [0.25, 0.3) is 0 Å². The Morgan fingerprint density at radius 2 is 1.67 bits per heavy atom. The largest absolute Gasteiger partial charge is 0.322 e. The maximum absolute atomic E-state index is 12.7. The summed E-state index contributed by atoms with van der Waals surface area (Å²) in [6.45, 7) is 0.763. The fourth-order valence-corrected chi connectivity index (χ4v) is 2.91. The number of nitrogens with one attached hydrogen (secondary N) is 1. The number of benzene rings is 2. The molecule has 2 aromatic rings. The first-order valence-corrected chi connectivity index (χ1v) is 9.11. The fourth-order valence-electron chi connectivity index (χ4n) is 2.50. The van der Waals surface area contributed by atoms with Crippen molar-refractivity contribution in [3.8, 4) is 0 Å². The lowest BCUT2D eigenvalue weighted by molar-refractivity contribution is 0.188. The van der Waals surface area contributed by atoms with Crippen LogP contribution in [-0.4, -0.2) is 49.8 Å². The molecule has 0 fully saturated rings. The second-order valence-corrected chi connectivity index (χ2v) is 6.84. The van der Waals surface area contributed by atoms with E-state index in [1.807, 2.05) is 69.9 Å². The molecule has 0 saturated carbocycles. The molecular formula is C19H25N3OS. The molecule has 0 aliphatic rings. The van der Waals surface area contributed by atoms with Crippen LogP contribution in [0.2, 0.25) is 0 Å². The zero-order valence-corrected chi connectivity index (χ0v) is 15.5. The topological polar surface area (TPSA) is 35.6 Å². The average Bonchev–Trinajstić information content (AvgIpc) is 2.60. The molecule has 2 amide bonds. The smallest absolute Gasteiger partial charge is 0.319 e. The lowest BCUT2D eigenvalue weighted by atomic mass is 10.1. The summed E-state index contributed by atoms with van der Waals surface area (Å²) in [5.74, 6) is 0. The van der Waals surface area contributed by atoms with Crippen molar-refractivity contribution in [2.24, 2.45) is 0 Å². The van der Waals surface area contributed by atoms with Crippen molar-refractivity contribution in [3.05, 3.63) is 60.2 Å². The molecule has 0 aliphatic heterocycles. The molecule has 1 atom stereocenters. The van der Waals surface area contributed by atoms with Gasteiger partial charge in [-0.05, 0) is 50.2 Å². The Balaban J connectivity index is 2.12. The summed E-state index contributed by atoms with van der Waals surface area (Å²) < 4.78 is 0. The monoisotopic (exact) mass is 343 g/mol. The van der Waals surface area contributed by atoms with Crippen molar-refractivity contribution in [3.63, 3.8) is 0 Å². The van der Waals surface area contributed by atoms with Crippen molar-refractivity contribution in [2.45, 2.75) is 10.9 Å². The molecule has 24 heavy (non-hydrogen) atoms. The van der Waals surface area contributed by atoms with Crippen LogP contribution in [0.15, 0.2) is 59.5 Å². The van der Waals surface area contributed by atoms with Crippen LogP contribution in [0.5, 0.6) is 0 Å². The van der Waals surface area contributed by atoms with Crippen molar-refractivity contribution in [1.82, 2.24) is 9.80 Å². The Bertz CT molecular complexity index is 643. The highest BCUT2D eigenvalue weighted by atomic mass is 32.2. The van der Waals surface area contributed by atoms with Gasteiger partial charge in [0.05, 0.1) is 6.04 Å². The number of amides is 2. The highest BCUT2D eigenvalue weighted by Crippen LogP contribution is 2.22. The molecule has 0 bridgehead atoms. The van der Waals surface area contributed by atoms with Crippen molar-refractivity contribution >= 4 is 23.5 Å². The Morgan fingerprint density at radius 3 is 2.21 bits per heavy atom. The Kier molecular flexibility index (Phi) is 6.70. The molecule has 0 spiro atoms. The zero-order valence-electron chi connectivity index (χ0n) is 14.7. The summed E-state index contributed by atoms with van der Waals surface area (Å²) in [7, 11) is 5.87. The van der Waals surface area contributed by atoms with E-state index in [1.165, 1.54) is 4.90 Å². The van der Waals surface area contributed by atoms with Crippen LogP contribution >= 0.6 is 11.8 Å². The van der Waals surface area contributed by atoms with Gasteiger partial charge in [0.15, 0.2) is 0 Å². The van der Waals surface area contributed by atoms with Crippen LogP contribution in [0, 0.1) is 0 Å². The predicted octanol–water partition coefficient (Wildman–Crippen LogP) is 4.18. The number of thioether (sulfide) groups is 1. The van der Waals surface area contributed by atoms with E-state index in [2.05, 4.69) is 22.3 Å². The van der Waals surface area contributed by atoms with Gasteiger partial charge in [0.1, 0.15) is 0 Å². The standard InChI is InChI=1S/C19H25N3OS/c1-21(2)14-18(15-8-6-5-7-9-15)22(3)19(23)20-16-10-12-17(24-4)13-11-16/h5-13,18H,14H2,1-4H3,(H,20,23). The Morgan fingerprint density at radius 1 is 1.04 bits per heavy atom. The molecule has 0 aromatic heterocycles. The van der Waals surface area contributed by atoms with E-state index in [0.717, 1.165) is 17.8 Å². The van der Waals surface area contributed by atoms with E-state index in [1.54, 1.807) is 16.7 Å². The van der Waals surface area contributed by atoms with Crippen LogP contribution in [-0.2, 0) is 0 Å². The van der Waals surface area contributed by atoms with Gasteiger partial charge in [0, 0.05) is 24.2 Å². The number of carbonyl (C=O) groups is 1. The predicted molar refractivity (Wildman–Crippen MR) is 103 cm³/mol. The number of hydrogen-bond acceptors (Lipinski definition) is 3. The molecule has 5 heteroatoms. The molecule has 2 aromatic carbocycles. The highest BCUT2D eigenvalue weighted by molar-refractivity contribution is 7.98. The van der Waals surface area contributed by atoms with Crippen molar-refractivity contribution in [1.29, 1.82) is 0 Å². The number of carbonyl (C=O) groups excluding carboxylic acids is 1. The van der Waals surface area contributed by atoms with Crippen LogP contribution in [0.1, 0.15) is 11.6 Å². The van der Waals surface area contributed by atoms with Crippen molar-refractivity contribution < 1.29 is 4.79 Å². The summed E-state index contributed by atoms with van der Waals surface area (Å²) in [5.41, 5.74) is 1.93. The number of anilines is 1. The molecule has 0 radical (unpaired) electrons. The van der Waals surface area contributed by atoms with Gasteiger partial charge in [-0.25, -0.2) is 4.79 Å². The molecule has 128 valence electrons. The Labute approximate surface area is 148 Å². The summed E-state index contributed by atoms with van der Waals surface area (Å²) >= 11 is 1.68. The number of rotatable bonds is 6. The van der Waals surface area contributed by atoms with E-state index in [9.17, 15) is 4.79 Å². The van der Waals surface area contributed by atoms with Gasteiger partial charge >= 0.3 is 6.03 Å². The van der Waals surface area contributed by atoms with Gasteiger partial charge < -0.3 is 15.1 Å². The third-order valence-corrected chi connectivity index (χ3v) is 4.60.